The van der Waals surface area contributed by atoms with E-state index in [0.29, 0.717) is 13.2 Å². The zero-order chi connectivity index (χ0) is 22.4. The average Bonchev–Trinajstić information content (AvgIpc) is 2.76. The third-order valence-electron chi connectivity index (χ3n) is 5.72. The van der Waals surface area contributed by atoms with Crippen molar-refractivity contribution >= 4 is 0 Å². The molecule has 184 valence electrons. The predicted molar refractivity (Wildman–Crippen MR) is 134 cm³/mol. The topological polar surface area (TPSA) is 92.5 Å². The second kappa shape index (κ2) is 33.5. The molecule has 0 aromatic rings. The van der Waals surface area contributed by atoms with E-state index in [1.165, 1.54) is 128 Å². The van der Waals surface area contributed by atoms with Gasteiger partial charge in [0.25, 0.3) is 0 Å². The Labute approximate surface area is 189 Å². The second-order valence-corrected chi connectivity index (χ2v) is 8.80. The molecular formula is C26H58N2O2. The van der Waals surface area contributed by atoms with E-state index in [4.69, 9.17) is 21.7 Å². The van der Waals surface area contributed by atoms with Gasteiger partial charge in [-0.15, -0.1) is 0 Å². The van der Waals surface area contributed by atoms with Gasteiger partial charge in [-0.2, -0.15) is 0 Å². The second-order valence-electron chi connectivity index (χ2n) is 8.80. The fraction of sp³-hybridized carbons (Fsp3) is 1.00. The van der Waals surface area contributed by atoms with Crippen LogP contribution in [-0.2, 0) is 0 Å². The molecule has 4 nitrogen and oxygen atoms in total. The van der Waals surface area contributed by atoms with Crippen LogP contribution in [0.2, 0.25) is 0 Å². The summed E-state index contributed by atoms with van der Waals surface area (Å²) in [4.78, 5) is 0. The Kier molecular flexibility index (Phi) is 35.7. The molecular weight excluding hydrogens is 372 g/mol. The standard InChI is InChI=1S/C14H31NO.C12H27NO/c15-13-11-9-7-5-3-1-2-4-6-8-10-12-14-16;13-11-9-7-5-3-1-2-4-6-8-10-12-14/h16H,1-15H2;14H,1-13H2. The van der Waals surface area contributed by atoms with Crippen LogP contribution in [0.25, 0.3) is 0 Å². The van der Waals surface area contributed by atoms with Crippen molar-refractivity contribution in [1.29, 1.82) is 0 Å². The van der Waals surface area contributed by atoms with Crippen molar-refractivity contribution in [2.24, 2.45) is 11.5 Å². The number of aliphatic hydroxyl groups excluding tert-OH is 2. The molecule has 0 radical (unpaired) electrons. The third-order valence-corrected chi connectivity index (χ3v) is 5.72. The molecule has 4 heteroatoms. The van der Waals surface area contributed by atoms with Crippen molar-refractivity contribution in [1.82, 2.24) is 0 Å². The van der Waals surface area contributed by atoms with E-state index in [1.54, 1.807) is 0 Å². The van der Waals surface area contributed by atoms with Crippen LogP contribution in [-0.4, -0.2) is 36.5 Å². The van der Waals surface area contributed by atoms with E-state index >= 15 is 0 Å². The lowest BCUT2D eigenvalue weighted by atomic mass is 10.1. The monoisotopic (exact) mass is 430 g/mol. The molecule has 0 saturated heterocycles. The molecule has 0 amide bonds. The molecule has 0 aromatic carbocycles. The Morgan fingerprint density at radius 1 is 0.267 bits per heavy atom. The van der Waals surface area contributed by atoms with Gasteiger partial charge in [-0.25, -0.2) is 0 Å². The molecule has 30 heavy (non-hydrogen) atoms. The van der Waals surface area contributed by atoms with Gasteiger partial charge < -0.3 is 21.7 Å². The predicted octanol–water partition coefficient (Wildman–Crippen LogP) is 6.46. The van der Waals surface area contributed by atoms with E-state index in [9.17, 15) is 0 Å². The lowest BCUT2D eigenvalue weighted by Gasteiger charge is -2.02. The summed E-state index contributed by atoms with van der Waals surface area (Å²) in [6.07, 6.45) is 28.5. The summed E-state index contributed by atoms with van der Waals surface area (Å²) in [7, 11) is 0. The van der Waals surface area contributed by atoms with Crippen LogP contribution in [0, 0.1) is 0 Å². The SMILES string of the molecule is NCCCCCCCCCCCCCCO.NCCCCCCCCCCCCO. The summed E-state index contributed by atoms with van der Waals surface area (Å²) in [6.45, 7) is 2.43. The maximum atomic E-state index is 8.62. The van der Waals surface area contributed by atoms with Gasteiger partial charge in [0.1, 0.15) is 0 Å². The number of aliphatic hydroxyl groups is 2. The number of hydrogen-bond acceptors (Lipinski definition) is 4. The Hall–Kier alpha value is -0.160. The van der Waals surface area contributed by atoms with E-state index in [2.05, 4.69) is 0 Å². The Bertz CT molecular complexity index is 239. The van der Waals surface area contributed by atoms with Gasteiger partial charge in [-0.3, -0.25) is 0 Å². The van der Waals surface area contributed by atoms with Gasteiger partial charge in [0.05, 0.1) is 0 Å². The molecule has 0 spiro atoms. The van der Waals surface area contributed by atoms with Crippen LogP contribution in [0.1, 0.15) is 141 Å². The van der Waals surface area contributed by atoms with Crippen molar-refractivity contribution in [3.8, 4) is 0 Å². The van der Waals surface area contributed by atoms with Crippen LogP contribution in [0.5, 0.6) is 0 Å². The minimum Gasteiger partial charge on any atom is -0.396 e. The first-order chi connectivity index (χ1) is 14.8. The van der Waals surface area contributed by atoms with E-state index < -0.39 is 0 Å². The lowest BCUT2D eigenvalue weighted by Crippen LogP contribution is -1.97. The Morgan fingerprint density at radius 2 is 0.433 bits per heavy atom. The first-order valence-corrected chi connectivity index (χ1v) is 13.4. The summed E-state index contributed by atoms with van der Waals surface area (Å²) in [6, 6.07) is 0. The van der Waals surface area contributed by atoms with Crippen molar-refractivity contribution in [3.05, 3.63) is 0 Å². The summed E-state index contributed by atoms with van der Waals surface area (Å²) in [5.41, 5.74) is 10.9. The number of nitrogens with two attached hydrogens (primary N) is 2. The smallest absolute Gasteiger partial charge is 0.0431 e. The van der Waals surface area contributed by atoms with Crippen LogP contribution in [0.4, 0.5) is 0 Å². The zero-order valence-electron chi connectivity index (χ0n) is 20.4. The highest BCUT2D eigenvalue weighted by molar-refractivity contribution is 4.49. The molecule has 0 rings (SSSR count). The zero-order valence-corrected chi connectivity index (χ0v) is 20.4. The van der Waals surface area contributed by atoms with Crippen LogP contribution in [0.3, 0.4) is 0 Å². The van der Waals surface area contributed by atoms with Gasteiger partial charge >= 0.3 is 0 Å². The van der Waals surface area contributed by atoms with E-state index in [1.807, 2.05) is 0 Å². The van der Waals surface area contributed by atoms with Crippen molar-refractivity contribution in [2.75, 3.05) is 26.3 Å². The highest BCUT2D eigenvalue weighted by atomic mass is 16.3. The number of unbranched alkanes of at least 4 members (excludes halogenated alkanes) is 20. The molecule has 0 fully saturated rings. The quantitative estimate of drug-likeness (QED) is 0.132. The third kappa shape index (κ3) is 35.3. The molecule has 0 heterocycles. The molecule has 0 aliphatic rings. The van der Waals surface area contributed by atoms with Crippen LogP contribution in [0.15, 0.2) is 0 Å². The molecule has 6 N–H and O–H groups in total. The lowest BCUT2D eigenvalue weighted by molar-refractivity contribution is 0.282. The molecule has 0 aromatic heterocycles. The highest BCUT2D eigenvalue weighted by Gasteiger charge is 1.93. The molecule has 0 unspecified atom stereocenters. The summed E-state index contributed by atoms with van der Waals surface area (Å²) in [5, 5.41) is 17.2. The molecule has 0 aliphatic carbocycles. The first kappa shape index (κ1) is 32.0. The highest BCUT2D eigenvalue weighted by Crippen LogP contribution is 2.12. The van der Waals surface area contributed by atoms with Crippen molar-refractivity contribution in [2.45, 2.75) is 141 Å². The fourth-order valence-electron chi connectivity index (χ4n) is 3.69. The summed E-state index contributed by atoms with van der Waals surface area (Å²) in [5.74, 6) is 0. The number of rotatable bonds is 24. The summed E-state index contributed by atoms with van der Waals surface area (Å²) < 4.78 is 0. The molecule has 0 aliphatic heterocycles. The van der Waals surface area contributed by atoms with Crippen LogP contribution >= 0.6 is 0 Å². The maximum Gasteiger partial charge on any atom is 0.0431 e. The molecule has 0 atom stereocenters. The van der Waals surface area contributed by atoms with Gasteiger partial charge in [0, 0.05) is 13.2 Å². The maximum absolute atomic E-state index is 8.62. The fourth-order valence-corrected chi connectivity index (χ4v) is 3.69. The van der Waals surface area contributed by atoms with Crippen molar-refractivity contribution < 1.29 is 10.2 Å². The van der Waals surface area contributed by atoms with E-state index in [0.717, 1.165) is 25.9 Å². The first-order valence-electron chi connectivity index (χ1n) is 13.4. The Morgan fingerprint density at radius 3 is 0.600 bits per heavy atom. The van der Waals surface area contributed by atoms with Gasteiger partial charge in [-0.1, -0.05) is 116 Å². The Balaban J connectivity index is 0. The van der Waals surface area contributed by atoms with Crippen LogP contribution < -0.4 is 11.5 Å². The molecule has 0 saturated carbocycles. The van der Waals surface area contributed by atoms with Gasteiger partial charge in [-0.05, 0) is 38.8 Å². The van der Waals surface area contributed by atoms with Gasteiger partial charge in [0.15, 0.2) is 0 Å². The summed E-state index contributed by atoms with van der Waals surface area (Å²) >= 11 is 0. The minimum atomic E-state index is 0.360. The van der Waals surface area contributed by atoms with Crippen molar-refractivity contribution in [3.63, 3.8) is 0 Å². The van der Waals surface area contributed by atoms with Gasteiger partial charge in [0.2, 0.25) is 0 Å². The largest absolute Gasteiger partial charge is 0.396 e. The average molecular weight is 431 g/mol. The normalized spacial score (nSPS) is 10.8. The van der Waals surface area contributed by atoms with E-state index in [-0.39, 0.29) is 0 Å². The number of hydrogen-bond donors (Lipinski definition) is 4. The molecule has 0 bridgehead atoms. The minimum absolute atomic E-state index is 0.360.